The second-order valence-corrected chi connectivity index (χ2v) is 7.91. The van der Waals surface area contributed by atoms with Gasteiger partial charge in [0.15, 0.2) is 0 Å². The van der Waals surface area contributed by atoms with E-state index in [1.54, 1.807) is 0 Å². The van der Waals surface area contributed by atoms with Gasteiger partial charge in [-0.1, -0.05) is 48.6 Å². The smallest absolute Gasteiger partial charge is 0.266 e. The van der Waals surface area contributed by atoms with Crippen molar-refractivity contribution in [2.45, 2.75) is 57.8 Å². The van der Waals surface area contributed by atoms with E-state index in [1.165, 1.54) is 0 Å². The molecule has 0 radical (unpaired) electrons. The van der Waals surface area contributed by atoms with Crippen LogP contribution in [0.2, 0.25) is 0 Å². The molecular formula is C21H35NO5S. The number of nitrogens with one attached hydrogen (secondary N) is 1. The van der Waals surface area contributed by atoms with Crippen LogP contribution in [0, 0.1) is 0 Å². The molecule has 0 bridgehead atoms. The first-order valence-electron chi connectivity index (χ1n) is 9.88. The van der Waals surface area contributed by atoms with Crippen molar-refractivity contribution in [3.63, 3.8) is 0 Å². The molecule has 0 saturated heterocycles. The molecule has 0 fully saturated rings. The van der Waals surface area contributed by atoms with Gasteiger partial charge >= 0.3 is 0 Å². The van der Waals surface area contributed by atoms with E-state index in [0.717, 1.165) is 44.9 Å². The summed E-state index contributed by atoms with van der Waals surface area (Å²) >= 11 is 0. The number of carbonyl (C=O) groups excluding carboxylic acids is 1. The van der Waals surface area contributed by atoms with Crippen molar-refractivity contribution >= 4 is 16.0 Å². The van der Waals surface area contributed by atoms with Gasteiger partial charge in [-0.05, 0) is 51.4 Å². The summed E-state index contributed by atoms with van der Waals surface area (Å²) in [5, 5.41) is 11.1. The molecule has 0 aromatic heterocycles. The topological polar surface area (TPSA) is 104 Å². The lowest BCUT2D eigenvalue weighted by molar-refractivity contribution is -0.121. The summed E-state index contributed by atoms with van der Waals surface area (Å²) in [6, 6.07) is 0. The van der Waals surface area contributed by atoms with Gasteiger partial charge in [0.25, 0.3) is 10.1 Å². The third-order valence-electron chi connectivity index (χ3n) is 3.72. The molecule has 0 saturated carbocycles. The van der Waals surface area contributed by atoms with Crippen LogP contribution in [0.25, 0.3) is 0 Å². The van der Waals surface area contributed by atoms with E-state index < -0.39 is 15.9 Å². The monoisotopic (exact) mass is 413 g/mol. The number of aliphatic hydroxyl groups excluding tert-OH is 1. The maximum absolute atomic E-state index is 11.4. The third kappa shape index (κ3) is 22.3. The van der Waals surface area contributed by atoms with E-state index in [1.807, 2.05) is 6.08 Å². The lowest BCUT2D eigenvalue weighted by Crippen LogP contribution is -2.28. The summed E-state index contributed by atoms with van der Waals surface area (Å²) in [5.74, 6) is -0.661. The molecular weight excluding hydrogens is 378 g/mol. The minimum Gasteiger partial charge on any atom is -0.396 e. The van der Waals surface area contributed by atoms with Gasteiger partial charge in [-0.15, -0.1) is 0 Å². The highest BCUT2D eigenvalue weighted by Crippen LogP contribution is 2.00. The Hall–Kier alpha value is -1.70. The van der Waals surface area contributed by atoms with Crippen molar-refractivity contribution in [1.29, 1.82) is 0 Å². The van der Waals surface area contributed by atoms with Crippen LogP contribution in [0.15, 0.2) is 48.6 Å². The summed E-state index contributed by atoms with van der Waals surface area (Å²) in [6.07, 6.45) is 24.4. The number of hydrogen-bond donors (Lipinski definition) is 3. The van der Waals surface area contributed by atoms with Crippen LogP contribution in [0.1, 0.15) is 57.8 Å². The Balaban J connectivity index is 3.53. The summed E-state index contributed by atoms with van der Waals surface area (Å²) in [5.41, 5.74) is 0. The highest BCUT2D eigenvalue weighted by Gasteiger charge is 2.05. The van der Waals surface area contributed by atoms with Crippen molar-refractivity contribution in [3.05, 3.63) is 48.6 Å². The molecule has 0 aliphatic rings. The molecule has 160 valence electrons. The fraction of sp³-hybridized carbons (Fsp3) is 0.571. The molecule has 0 heterocycles. The number of aliphatic hydroxyl groups is 1. The molecule has 28 heavy (non-hydrogen) atoms. The number of carbonyl (C=O) groups is 1. The predicted molar refractivity (Wildman–Crippen MR) is 115 cm³/mol. The van der Waals surface area contributed by atoms with Crippen molar-refractivity contribution in [3.8, 4) is 0 Å². The minimum atomic E-state index is -4.02. The largest absolute Gasteiger partial charge is 0.396 e. The molecule has 0 aromatic rings. The predicted octanol–water partition coefficient (Wildman–Crippen LogP) is 3.72. The minimum absolute atomic E-state index is 0.0618. The van der Waals surface area contributed by atoms with E-state index in [2.05, 4.69) is 47.8 Å². The number of rotatable bonds is 17. The van der Waals surface area contributed by atoms with Crippen molar-refractivity contribution in [1.82, 2.24) is 5.32 Å². The molecule has 0 rings (SSSR count). The zero-order valence-electron chi connectivity index (χ0n) is 16.6. The highest BCUT2D eigenvalue weighted by atomic mass is 32.2. The Morgan fingerprint density at radius 2 is 1.29 bits per heavy atom. The van der Waals surface area contributed by atoms with Gasteiger partial charge < -0.3 is 10.4 Å². The Kier molecular flexibility index (Phi) is 17.5. The lowest BCUT2D eigenvalue weighted by atomic mass is 10.2. The first kappa shape index (κ1) is 26.3. The second kappa shape index (κ2) is 18.7. The molecule has 0 spiro atoms. The number of hydrogen-bond acceptors (Lipinski definition) is 4. The Labute approximate surface area is 169 Å². The normalized spacial score (nSPS) is 12.8. The quantitative estimate of drug-likeness (QED) is 0.192. The first-order chi connectivity index (χ1) is 13.5. The molecule has 0 unspecified atom stereocenters. The second-order valence-electron chi connectivity index (χ2n) is 6.34. The Morgan fingerprint density at radius 1 is 0.786 bits per heavy atom. The van der Waals surface area contributed by atoms with E-state index in [-0.39, 0.29) is 19.1 Å². The van der Waals surface area contributed by atoms with Crippen LogP contribution >= 0.6 is 0 Å². The van der Waals surface area contributed by atoms with E-state index >= 15 is 0 Å². The Bertz CT molecular complexity index is 606. The van der Waals surface area contributed by atoms with Crippen molar-refractivity contribution in [2.75, 3.05) is 18.9 Å². The first-order valence-corrected chi connectivity index (χ1v) is 11.5. The van der Waals surface area contributed by atoms with Crippen LogP contribution in [0.5, 0.6) is 0 Å². The van der Waals surface area contributed by atoms with Gasteiger partial charge in [-0.25, -0.2) is 0 Å². The zero-order valence-corrected chi connectivity index (χ0v) is 17.4. The fourth-order valence-electron chi connectivity index (χ4n) is 2.21. The van der Waals surface area contributed by atoms with Crippen molar-refractivity contribution in [2.24, 2.45) is 0 Å². The summed E-state index contributed by atoms with van der Waals surface area (Å²) in [7, 11) is -4.02. The third-order valence-corrected chi connectivity index (χ3v) is 4.44. The maximum Gasteiger partial charge on any atom is 0.266 e. The molecule has 0 aliphatic carbocycles. The molecule has 0 atom stereocenters. The summed E-state index contributed by atoms with van der Waals surface area (Å²) < 4.78 is 29.6. The van der Waals surface area contributed by atoms with Gasteiger partial charge in [0.2, 0.25) is 5.91 Å². The van der Waals surface area contributed by atoms with Gasteiger partial charge in [-0.2, -0.15) is 8.42 Å². The molecule has 6 nitrogen and oxygen atoms in total. The Morgan fingerprint density at radius 3 is 1.79 bits per heavy atom. The van der Waals surface area contributed by atoms with Crippen LogP contribution in [0.4, 0.5) is 0 Å². The van der Waals surface area contributed by atoms with Crippen LogP contribution in [-0.4, -0.2) is 42.9 Å². The zero-order chi connectivity index (χ0) is 20.9. The molecule has 7 heteroatoms. The maximum atomic E-state index is 11.4. The molecule has 0 aliphatic heterocycles. The van der Waals surface area contributed by atoms with E-state index in [9.17, 15) is 13.2 Å². The van der Waals surface area contributed by atoms with Gasteiger partial charge in [0.1, 0.15) is 0 Å². The summed E-state index contributed by atoms with van der Waals surface area (Å²) in [6.45, 7) is 0.210. The SMILES string of the molecule is O=C(CCCC=CCC=CCC=CCC=CCCCCO)NCCS(=O)(=O)O. The molecule has 3 N–H and O–H groups in total. The molecule has 0 aromatic carbocycles. The fourth-order valence-corrected chi connectivity index (χ4v) is 2.57. The average molecular weight is 414 g/mol. The standard InChI is InChI=1S/C21H35NO5S/c23-19-16-14-12-10-8-6-4-2-1-3-5-7-9-11-13-15-17-21(24)22-18-20-28(25,26)27/h2-5,8-11,23H,1,6-7,12-20H2,(H,22,24)(H,25,26,27). The van der Waals surface area contributed by atoms with Crippen LogP contribution < -0.4 is 5.32 Å². The van der Waals surface area contributed by atoms with Crippen LogP contribution in [-0.2, 0) is 14.9 Å². The number of allylic oxidation sites excluding steroid dienone is 8. The summed E-state index contributed by atoms with van der Waals surface area (Å²) in [4.78, 5) is 11.4. The number of amides is 1. The van der Waals surface area contributed by atoms with E-state index in [0.29, 0.717) is 12.8 Å². The van der Waals surface area contributed by atoms with Crippen molar-refractivity contribution < 1.29 is 22.9 Å². The van der Waals surface area contributed by atoms with Crippen LogP contribution in [0.3, 0.4) is 0 Å². The highest BCUT2D eigenvalue weighted by molar-refractivity contribution is 7.85. The van der Waals surface area contributed by atoms with Gasteiger partial charge in [0, 0.05) is 19.6 Å². The lowest BCUT2D eigenvalue weighted by Gasteiger charge is -2.02. The van der Waals surface area contributed by atoms with E-state index in [4.69, 9.17) is 9.66 Å². The average Bonchev–Trinajstić information content (AvgIpc) is 2.63. The van der Waals surface area contributed by atoms with Gasteiger partial charge in [0.05, 0.1) is 5.75 Å². The molecule has 1 amide bonds. The number of unbranched alkanes of at least 4 members (excludes halogenated alkanes) is 3. The van der Waals surface area contributed by atoms with Gasteiger partial charge in [-0.3, -0.25) is 9.35 Å².